The van der Waals surface area contributed by atoms with Crippen molar-refractivity contribution in [2.24, 2.45) is 0 Å². The molecule has 128 valence electrons. The van der Waals surface area contributed by atoms with Gasteiger partial charge >= 0.3 is 0 Å². The lowest BCUT2D eigenvalue weighted by Crippen LogP contribution is -2.34. The van der Waals surface area contributed by atoms with Crippen LogP contribution in [0.3, 0.4) is 0 Å². The first-order valence-electron chi connectivity index (χ1n) is 7.86. The standard InChI is InChI=1S/C19H24FN3O/c1-22(2)15-11-9-14(10-12-15)18(23(3)4)13-21-19(24)16-7-5-6-8-17(16)20/h5-12,18H,13H2,1-4H3,(H,21,24)/t18-/m0/s1. The number of amides is 1. The fourth-order valence-electron chi connectivity index (χ4n) is 2.52. The van der Waals surface area contributed by atoms with Gasteiger partial charge in [-0.1, -0.05) is 24.3 Å². The number of carbonyl (C=O) groups is 1. The van der Waals surface area contributed by atoms with Crippen LogP contribution in [-0.4, -0.2) is 45.5 Å². The molecule has 24 heavy (non-hydrogen) atoms. The van der Waals surface area contributed by atoms with Crippen LogP contribution in [0.2, 0.25) is 0 Å². The minimum absolute atomic E-state index is 0.0111. The van der Waals surface area contributed by atoms with Crippen molar-refractivity contribution in [1.29, 1.82) is 0 Å². The summed E-state index contributed by atoms with van der Waals surface area (Å²) < 4.78 is 13.7. The predicted octanol–water partition coefficient (Wildman–Crippen LogP) is 2.92. The first-order valence-corrected chi connectivity index (χ1v) is 7.86. The van der Waals surface area contributed by atoms with Crippen LogP contribution in [0.5, 0.6) is 0 Å². The highest BCUT2D eigenvalue weighted by atomic mass is 19.1. The number of likely N-dealkylation sites (N-methyl/N-ethyl adjacent to an activating group) is 1. The number of halogens is 1. The van der Waals surface area contributed by atoms with Crippen molar-refractivity contribution >= 4 is 11.6 Å². The molecule has 0 bridgehead atoms. The molecule has 0 saturated carbocycles. The number of rotatable bonds is 6. The molecule has 1 N–H and O–H groups in total. The number of hydrogen-bond donors (Lipinski definition) is 1. The van der Waals surface area contributed by atoms with Gasteiger partial charge in [0.2, 0.25) is 0 Å². The lowest BCUT2D eigenvalue weighted by atomic mass is 10.0. The van der Waals surface area contributed by atoms with Crippen molar-refractivity contribution in [2.45, 2.75) is 6.04 Å². The third kappa shape index (κ3) is 4.32. The van der Waals surface area contributed by atoms with E-state index >= 15 is 0 Å². The minimum atomic E-state index is -0.508. The summed E-state index contributed by atoms with van der Waals surface area (Å²) in [6, 6.07) is 14.2. The molecule has 0 aliphatic rings. The van der Waals surface area contributed by atoms with Crippen molar-refractivity contribution in [2.75, 3.05) is 39.6 Å². The molecule has 2 aromatic rings. The van der Waals surface area contributed by atoms with E-state index in [2.05, 4.69) is 17.4 Å². The third-order valence-corrected chi connectivity index (χ3v) is 3.99. The molecular formula is C19H24FN3O. The summed E-state index contributed by atoms with van der Waals surface area (Å²) in [6.07, 6.45) is 0. The van der Waals surface area contributed by atoms with Gasteiger partial charge < -0.3 is 15.1 Å². The van der Waals surface area contributed by atoms with Gasteiger partial charge in [-0.2, -0.15) is 0 Å². The maximum Gasteiger partial charge on any atom is 0.254 e. The Morgan fingerprint density at radius 2 is 1.67 bits per heavy atom. The molecular weight excluding hydrogens is 305 g/mol. The fourth-order valence-corrected chi connectivity index (χ4v) is 2.52. The lowest BCUT2D eigenvalue weighted by Gasteiger charge is -2.26. The van der Waals surface area contributed by atoms with E-state index in [1.165, 1.54) is 12.1 Å². The number of carbonyl (C=O) groups excluding carboxylic acids is 1. The number of benzene rings is 2. The highest BCUT2D eigenvalue weighted by molar-refractivity contribution is 5.94. The van der Waals surface area contributed by atoms with E-state index in [1.54, 1.807) is 12.1 Å². The van der Waals surface area contributed by atoms with Crippen LogP contribution in [-0.2, 0) is 0 Å². The molecule has 1 amide bonds. The van der Waals surface area contributed by atoms with Crippen LogP contribution in [0.15, 0.2) is 48.5 Å². The van der Waals surface area contributed by atoms with Gasteiger partial charge in [0.1, 0.15) is 5.82 Å². The van der Waals surface area contributed by atoms with Gasteiger partial charge in [-0.25, -0.2) is 4.39 Å². The second kappa shape index (κ2) is 7.93. The van der Waals surface area contributed by atoms with Crippen LogP contribution in [0.25, 0.3) is 0 Å². The van der Waals surface area contributed by atoms with E-state index in [0.29, 0.717) is 6.54 Å². The second-order valence-electron chi connectivity index (χ2n) is 6.16. The van der Waals surface area contributed by atoms with Crippen LogP contribution in [0.4, 0.5) is 10.1 Å². The van der Waals surface area contributed by atoms with E-state index in [4.69, 9.17) is 0 Å². The first-order chi connectivity index (χ1) is 11.4. The summed E-state index contributed by atoms with van der Waals surface area (Å²) >= 11 is 0. The molecule has 0 fully saturated rings. The quantitative estimate of drug-likeness (QED) is 0.885. The Balaban J connectivity index is 2.09. The maximum absolute atomic E-state index is 13.7. The third-order valence-electron chi connectivity index (χ3n) is 3.99. The number of hydrogen-bond acceptors (Lipinski definition) is 3. The van der Waals surface area contributed by atoms with Crippen LogP contribution >= 0.6 is 0 Å². The van der Waals surface area contributed by atoms with Crippen LogP contribution in [0.1, 0.15) is 22.0 Å². The molecule has 2 rings (SSSR count). The number of nitrogens with one attached hydrogen (secondary N) is 1. The molecule has 5 heteroatoms. The van der Waals surface area contributed by atoms with Gasteiger partial charge in [-0.15, -0.1) is 0 Å². The zero-order valence-corrected chi connectivity index (χ0v) is 14.6. The van der Waals surface area contributed by atoms with Gasteiger partial charge in [-0.05, 0) is 43.9 Å². The molecule has 0 saturated heterocycles. The Bertz CT molecular complexity index is 683. The van der Waals surface area contributed by atoms with Crippen molar-refractivity contribution in [3.63, 3.8) is 0 Å². The van der Waals surface area contributed by atoms with Gasteiger partial charge in [0.05, 0.1) is 11.6 Å². The molecule has 0 aliphatic carbocycles. The molecule has 0 heterocycles. The molecule has 4 nitrogen and oxygen atoms in total. The molecule has 2 aromatic carbocycles. The monoisotopic (exact) mass is 329 g/mol. The molecule has 0 aromatic heterocycles. The van der Waals surface area contributed by atoms with Gasteiger partial charge in [0, 0.05) is 26.3 Å². The zero-order chi connectivity index (χ0) is 17.7. The van der Waals surface area contributed by atoms with E-state index in [-0.39, 0.29) is 11.6 Å². The maximum atomic E-state index is 13.7. The zero-order valence-electron chi connectivity index (χ0n) is 14.6. The summed E-state index contributed by atoms with van der Waals surface area (Å²) in [5, 5.41) is 2.83. The molecule has 0 radical (unpaired) electrons. The van der Waals surface area contributed by atoms with Crippen LogP contribution in [0, 0.1) is 5.82 Å². The average Bonchev–Trinajstić information content (AvgIpc) is 2.55. The van der Waals surface area contributed by atoms with Crippen molar-refractivity contribution in [3.05, 3.63) is 65.5 Å². The van der Waals surface area contributed by atoms with Crippen molar-refractivity contribution in [3.8, 4) is 0 Å². The summed E-state index contributed by atoms with van der Waals surface area (Å²) in [5.74, 6) is -0.906. The fraction of sp³-hybridized carbons (Fsp3) is 0.316. The van der Waals surface area contributed by atoms with E-state index in [1.807, 2.05) is 50.1 Å². The minimum Gasteiger partial charge on any atom is -0.378 e. The molecule has 0 spiro atoms. The Morgan fingerprint density at radius 1 is 1.04 bits per heavy atom. The Hall–Kier alpha value is -2.40. The first kappa shape index (κ1) is 17.9. The Kier molecular flexibility index (Phi) is 5.93. The largest absolute Gasteiger partial charge is 0.378 e. The summed E-state index contributed by atoms with van der Waals surface area (Å²) in [4.78, 5) is 16.3. The summed E-state index contributed by atoms with van der Waals surface area (Å²) in [7, 11) is 7.90. The molecule has 1 atom stereocenters. The highest BCUT2D eigenvalue weighted by Crippen LogP contribution is 2.21. The lowest BCUT2D eigenvalue weighted by molar-refractivity contribution is 0.0938. The normalized spacial score (nSPS) is 12.1. The highest BCUT2D eigenvalue weighted by Gasteiger charge is 2.17. The average molecular weight is 329 g/mol. The van der Waals surface area contributed by atoms with E-state index in [0.717, 1.165) is 11.3 Å². The van der Waals surface area contributed by atoms with Crippen molar-refractivity contribution in [1.82, 2.24) is 10.2 Å². The molecule has 0 unspecified atom stereocenters. The van der Waals surface area contributed by atoms with Gasteiger partial charge in [0.25, 0.3) is 5.91 Å². The summed E-state index contributed by atoms with van der Waals surface area (Å²) in [6.45, 7) is 0.404. The molecule has 0 aliphatic heterocycles. The van der Waals surface area contributed by atoms with E-state index in [9.17, 15) is 9.18 Å². The number of anilines is 1. The Morgan fingerprint density at radius 3 is 2.21 bits per heavy atom. The van der Waals surface area contributed by atoms with Crippen molar-refractivity contribution < 1.29 is 9.18 Å². The topological polar surface area (TPSA) is 35.6 Å². The Labute approximate surface area is 142 Å². The summed E-state index contributed by atoms with van der Waals surface area (Å²) in [5.41, 5.74) is 2.28. The number of nitrogens with zero attached hydrogens (tertiary/aromatic N) is 2. The smallest absolute Gasteiger partial charge is 0.254 e. The SMILES string of the molecule is CN(C)c1ccc([C@H](CNC(=O)c2ccccc2F)N(C)C)cc1. The van der Waals surface area contributed by atoms with E-state index < -0.39 is 11.7 Å². The van der Waals surface area contributed by atoms with Gasteiger partial charge in [-0.3, -0.25) is 4.79 Å². The second-order valence-corrected chi connectivity index (χ2v) is 6.16. The predicted molar refractivity (Wildman–Crippen MR) is 95.9 cm³/mol. The van der Waals surface area contributed by atoms with Crippen LogP contribution < -0.4 is 10.2 Å². The van der Waals surface area contributed by atoms with Gasteiger partial charge in [0.15, 0.2) is 0 Å².